The van der Waals surface area contributed by atoms with Crippen molar-refractivity contribution in [2.24, 2.45) is 7.05 Å². The number of benzene rings is 1. The van der Waals surface area contributed by atoms with E-state index >= 15 is 0 Å². The van der Waals surface area contributed by atoms with Crippen molar-refractivity contribution in [3.8, 4) is 0 Å². The van der Waals surface area contributed by atoms with Gasteiger partial charge < -0.3 is 9.67 Å². The molecule has 2 rings (SSSR count). The van der Waals surface area contributed by atoms with Crippen LogP contribution in [0.4, 0.5) is 8.78 Å². The summed E-state index contributed by atoms with van der Waals surface area (Å²) in [5.41, 5.74) is 0.386. The molecule has 0 aliphatic heterocycles. The first-order valence-electron chi connectivity index (χ1n) is 5.01. The van der Waals surface area contributed by atoms with Gasteiger partial charge in [0.1, 0.15) is 17.2 Å². The molecule has 2 aromatic rings. The normalized spacial score (nSPS) is 11.0. The maximum atomic E-state index is 13.5. The van der Waals surface area contributed by atoms with Crippen molar-refractivity contribution >= 4 is 17.0 Å². The zero-order chi connectivity index (χ0) is 12.6. The molecule has 90 valence electrons. The van der Waals surface area contributed by atoms with Crippen LogP contribution in [-0.4, -0.2) is 20.6 Å². The van der Waals surface area contributed by atoms with Gasteiger partial charge in [0.25, 0.3) is 0 Å². The van der Waals surface area contributed by atoms with Crippen molar-refractivity contribution in [2.45, 2.75) is 12.8 Å². The number of nitrogens with zero attached hydrogens (tertiary/aromatic N) is 2. The Hall–Kier alpha value is -1.98. The molecule has 1 aromatic heterocycles. The van der Waals surface area contributed by atoms with E-state index in [2.05, 4.69) is 4.98 Å². The van der Waals surface area contributed by atoms with E-state index in [9.17, 15) is 13.6 Å². The highest BCUT2D eigenvalue weighted by atomic mass is 19.1. The van der Waals surface area contributed by atoms with Crippen molar-refractivity contribution < 1.29 is 18.7 Å². The highest BCUT2D eigenvalue weighted by Crippen LogP contribution is 2.20. The van der Waals surface area contributed by atoms with Crippen LogP contribution >= 0.6 is 0 Å². The van der Waals surface area contributed by atoms with E-state index in [0.29, 0.717) is 5.82 Å². The van der Waals surface area contributed by atoms with Crippen molar-refractivity contribution in [1.29, 1.82) is 0 Å². The molecular weight excluding hydrogens is 230 g/mol. The molecular formula is C11H10F2N2O2. The lowest BCUT2D eigenvalue weighted by Crippen LogP contribution is -2.03. The summed E-state index contributed by atoms with van der Waals surface area (Å²) in [5, 5.41) is 8.57. The Balaban J connectivity index is 2.49. The lowest BCUT2D eigenvalue weighted by molar-refractivity contribution is -0.137. The summed E-state index contributed by atoms with van der Waals surface area (Å²) in [4.78, 5) is 14.5. The smallest absolute Gasteiger partial charge is 0.303 e. The predicted molar refractivity (Wildman–Crippen MR) is 56.6 cm³/mol. The molecule has 0 aliphatic rings. The molecule has 0 radical (unpaired) electrons. The number of imidazole rings is 1. The maximum Gasteiger partial charge on any atom is 0.303 e. The minimum atomic E-state index is -0.955. The topological polar surface area (TPSA) is 55.1 Å². The Morgan fingerprint density at radius 3 is 2.82 bits per heavy atom. The van der Waals surface area contributed by atoms with Crippen LogP contribution in [0, 0.1) is 11.6 Å². The van der Waals surface area contributed by atoms with Crippen LogP contribution in [0.15, 0.2) is 12.1 Å². The molecule has 4 nitrogen and oxygen atoms in total. The van der Waals surface area contributed by atoms with E-state index in [0.717, 1.165) is 12.1 Å². The number of fused-ring (bicyclic) bond motifs is 1. The fourth-order valence-electron chi connectivity index (χ4n) is 1.76. The average molecular weight is 240 g/mol. The third-order valence-electron chi connectivity index (χ3n) is 2.54. The van der Waals surface area contributed by atoms with Crippen LogP contribution in [0.3, 0.4) is 0 Å². The number of aromatic nitrogens is 2. The van der Waals surface area contributed by atoms with Crippen LogP contribution in [0.2, 0.25) is 0 Å². The molecule has 0 fully saturated rings. The Morgan fingerprint density at radius 2 is 2.18 bits per heavy atom. The molecule has 0 saturated carbocycles. The number of hydrogen-bond donors (Lipinski definition) is 1. The van der Waals surface area contributed by atoms with Crippen molar-refractivity contribution in [2.75, 3.05) is 0 Å². The monoisotopic (exact) mass is 240 g/mol. The zero-order valence-electron chi connectivity index (χ0n) is 9.07. The first-order valence-corrected chi connectivity index (χ1v) is 5.01. The number of hydrogen-bond acceptors (Lipinski definition) is 2. The highest BCUT2D eigenvalue weighted by molar-refractivity contribution is 5.77. The first kappa shape index (κ1) is 11.5. The van der Waals surface area contributed by atoms with E-state index in [1.165, 1.54) is 4.57 Å². The number of carboxylic acids is 1. The van der Waals surface area contributed by atoms with Crippen LogP contribution in [0.5, 0.6) is 0 Å². The molecule has 6 heteroatoms. The molecule has 0 saturated heterocycles. The van der Waals surface area contributed by atoms with Gasteiger partial charge in [-0.2, -0.15) is 0 Å². The third kappa shape index (κ3) is 2.11. The Bertz CT molecular complexity index is 593. The summed E-state index contributed by atoms with van der Waals surface area (Å²) in [6, 6.07) is 1.91. The summed E-state index contributed by atoms with van der Waals surface area (Å²) in [6.45, 7) is 0. The Morgan fingerprint density at radius 1 is 1.47 bits per heavy atom. The van der Waals surface area contributed by atoms with Crippen molar-refractivity contribution in [3.63, 3.8) is 0 Å². The second-order valence-electron chi connectivity index (χ2n) is 3.74. The summed E-state index contributed by atoms with van der Waals surface area (Å²) in [5.74, 6) is -1.93. The second kappa shape index (κ2) is 4.12. The van der Waals surface area contributed by atoms with Crippen LogP contribution in [0.1, 0.15) is 12.2 Å². The van der Waals surface area contributed by atoms with E-state index in [1.807, 2.05) is 0 Å². The predicted octanol–water partition coefficient (Wildman–Crippen LogP) is 1.87. The fraction of sp³-hybridized carbons (Fsp3) is 0.273. The number of aryl methyl sites for hydroxylation is 2. The molecule has 0 aliphatic carbocycles. The van der Waals surface area contributed by atoms with Crippen LogP contribution in [0.25, 0.3) is 11.0 Å². The largest absolute Gasteiger partial charge is 0.481 e. The summed E-state index contributed by atoms with van der Waals surface area (Å²) in [7, 11) is 1.58. The number of carbonyl (C=O) groups is 1. The van der Waals surface area contributed by atoms with Crippen molar-refractivity contribution in [3.05, 3.63) is 29.6 Å². The SMILES string of the molecule is Cn1c(CCC(=O)O)nc2cc(F)cc(F)c21. The van der Waals surface area contributed by atoms with Crippen LogP contribution in [-0.2, 0) is 18.3 Å². The standard InChI is InChI=1S/C11H10F2N2O2/c1-15-9(2-3-10(16)17)14-8-5-6(12)4-7(13)11(8)15/h4-5H,2-3H2,1H3,(H,16,17). The van der Waals surface area contributed by atoms with Gasteiger partial charge in [-0.15, -0.1) is 0 Å². The molecule has 0 amide bonds. The molecule has 1 N–H and O–H groups in total. The van der Waals surface area contributed by atoms with Gasteiger partial charge in [-0.05, 0) is 0 Å². The van der Waals surface area contributed by atoms with E-state index < -0.39 is 17.6 Å². The summed E-state index contributed by atoms with van der Waals surface area (Å²) in [6.07, 6.45) is 0.0861. The Labute approximate surface area is 95.5 Å². The van der Waals surface area contributed by atoms with E-state index in [4.69, 9.17) is 5.11 Å². The van der Waals surface area contributed by atoms with Gasteiger partial charge in [-0.3, -0.25) is 4.79 Å². The molecule has 0 atom stereocenters. The molecule has 1 aromatic carbocycles. The number of halogens is 2. The molecule has 1 heterocycles. The van der Waals surface area contributed by atoms with Gasteiger partial charge in [0.15, 0.2) is 5.82 Å². The fourth-order valence-corrected chi connectivity index (χ4v) is 1.76. The number of carboxylic acid groups (broad SMARTS) is 1. The number of aliphatic carboxylic acids is 1. The van der Waals surface area contributed by atoms with Crippen LogP contribution < -0.4 is 0 Å². The van der Waals surface area contributed by atoms with E-state index in [1.54, 1.807) is 7.05 Å². The van der Waals surface area contributed by atoms with Gasteiger partial charge in [0.05, 0.1) is 11.9 Å². The lowest BCUT2D eigenvalue weighted by Gasteiger charge is -2.00. The maximum absolute atomic E-state index is 13.5. The van der Waals surface area contributed by atoms with E-state index in [-0.39, 0.29) is 23.9 Å². The lowest BCUT2D eigenvalue weighted by atomic mass is 10.3. The average Bonchev–Trinajstić information content (AvgIpc) is 2.52. The summed E-state index contributed by atoms with van der Waals surface area (Å²) >= 11 is 0. The quantitative estimate of drug-likeness (QED) is 0.891. The minimum Gasteiger partial charge on any atom is -0.481 e. The molecule has 0 spiro atoms. The first-order chi connectivity index (χ1) is 7.99. The zero-order valence-corrected chi connectivity index (χ0v) is 9.07. The molecule has 0 bridgehead atoms. The van der Waals surface area contributed by atoms with Crippen molar-refractivity contribution in [1.82, 2.24) is 9.55 Å². The highest BCUT2D eigenvalue weighted by Gasteiger charge is 2.14. The third-order valence-corrected chi connectivity index (χ3v) is 2.54. The number of rotatable bonds is 3. The molecule has 17 heavy (non-hydrogen) atoms. The molecule has 0 unspecified atom stereocenters. The second-order valence-corrected chi connectivity index (χ2v) is 3.74. The van der Waals surface area contributed by atoms with Gasteiger partial charge >= 0.3 is 5.97 Å². The van der Waals surface area contributed by atoms with Gasteiger partial charge in [0, 0.05) is 25.6 Å². The minimum absolute atomic E-state index is 0.0960. The van der Waals surface area contributed by atoms with Gasteiger partial charge in [-0.1, -0.05) is 0 Å². The van der Waals surface area contributed by atoms with Gasteiger partial charge in [-0.25, -0.2) is 13.8 Å². The summed E-state index contributed by atoms with van der Waals surface area (Å²) < 4.78 is 27.9. The Kier molecular flexibility index (Phi) is 2.79. The van der Waals surface area contributed by atoms with Gasteiger partial charge in [0.2, 0.25) is 0 Å².